The van der Waals surface area contributed by atoms with Crippen molar-refractivity contribution in [2.45, 2.75) is 19.8 Å². The van der Waals surface area contributed by atoms with Crippen LogP contribution in [0.5, 0.6) is 0 Å². The van der Waals surface area contributed by atoms with Gasteiger partial charge in [0.1, 0.15) is 0 Å². The molecule has 132 valence electrons. The van der Waals surface area contributed by atoms with E-state index in [1.54, 1.807) is 31.5 Å². The van der Waals surface area contributed by atoms with Crippen LogP contribution in [0, 0.1) is 13.8 Å². The monoisotopic (exact) mass is 517 g/mol. The molecule has 1 amide bonds. The van der Waals surface area contributed by atoms with Crippen LogP contribution in [0.15, 0.2) is 36.7 Å². The van der Waals surface area contributed by atoms with Crippen molar-refractivity contribution >= 4 is 11.6 Å². The van der Waals surface area contributed by atoms with Gasteiger partial charge in [-0.05, 0) is 24.5 Å². The first-order valence-electron chi connectivity index (χ1n) is 8.04. The minimum Gasteiger partial charge on any atom is -0.346 e. The number of aromatic nitrogens is 4. The number of carbonyl (C=O) groups excluding carboxylic acids is 1. The van der Waals surface area contributed by atoms with E-state index in [1.165, 1.54) is 0 Å². The SMILES string of the molecule is [CH2-]C.[CH2-]c1ccc(NC(=O)c2n[nH]c3c2-c2ncccc2CC3)cn1.[W+2]. The van der Waals surface area contributed by atoms with Crippen LogP contribution in [0.1, 0.15) is 34.4 Å². The topological polar surface area (TPSA) is 83.6 Å². The van der Waals surface area contributed by atoms with Crippen LogP contribution in [-0.2, 0) is 33.9 Å². The van der Waals surface area contributed by atoms with E-state index in [0.717, 1.165) is 35.4 Å². The summed E-state index contributed by atoms with van der Waals surface area (Å²) in [7, 11) is 0. The fourth-order valence-electron chi connectivity index (χ4n) is 2.79. The molecule has 0 radical (unpaired) electrons. The van der Waals surface area contributed by atoms with E-state index in [2.05, 4.69) is 39.3 Å². The van der Waals surface area contributed by atoms with E-state index >= 15 is 0 Å². The molecule has 0 bridgehead atoms. The van der Waals surface area contributed by atoms with Crippen molar-refractivity contribution in [2.75, 3.05) is 5.32 Å². The van der Waals surface area contributed by atoms with Crippen molar-refractivity contribution in [3.63, 3.8) is 0 Å². The first-order chi connectivity index (χ1) is 12.2. The quantitative estimate of drug-likeness (QED) is 0.512. The Morgan fingerprint density at radius 3 is 2.73 bits per heavy atom. The van der Waals surface area contributed by atoms with Gasteiger partial charge in [0.05, 0.1) is 11.3 Å². The number of aryl methyl sites for hydroxylation is 2. The Hall–Kier alpha value is -2.46. The van der Waals surface area contributed by atoms with Gasteiger partial charge in [-0.15, -0.1) is 11.8 Å². The van der Waals surface area contributed by atoms with Gasteiger partial charge in [0.25, 0.3) is 5.91 Å². The van der Waals surface area contributed by atoms with Crippen LogP contribution in [0.2, 0.25) is 0 Å². The van der Waals surface area contributed by atoms with Crippen molar-refractivity contribution in [1.82, 2.24) is 20.2 Å². The number of hydrogen-bond acceptors (Lipinski definition) is 4. The Bertz CT molecular complexity index is 889. The minimum absolute atomic E-state index is 0. The summed E-state index contributed by atoms with van der Waals surface area (Å²) in [5, 5.41) is 9.98. The van der Waals surface area contributed by atoms with Crippen molar-refractivity contribution < 1.29 is 25.9 Å². The molecule has 0 saturated heterocycles. The summed E-state index contributed by atoms with van der Waals surface area (Å²) >= 11 is 0. The van der Waals surface area contributed by atoms with Crippen molar-refractivity contribution in [3.8, 4) is 11.3 Å². The molecular weight excluding hydrogens is 498 g/mol. The zero-order chi connectivity index (χ0) is 17.8. The molecule has 3 aromatic rings. The molecule has 1 aliphatic rings. The molecule has 0 aliphatic heterocycles. The normalized spacial score (nSPS) is 11.2. The predicted octanol–water partition coefficient (Wildman–Crippen LogP) is 3.24. The molecule has 0 fully saturated rings. The summed E-state index contributed by atoms with van der Waals surface area (Å²) in [6, 6.07) is 7.46. The number of anilines is 1. The standard InChI is InChI=1S/C17H14N5O.C2H5.W/c1-10-4-6-12(9-19-10)20-17(23)16-14-13(21-22-16)7-5-11-3-2-8-18-15(11)14;1-2;/h2-4,6,8-9H,1,5,7H2,(H,20,23)(H,21,22);1H2,2H3;/q2*-1;+2. The molecule has 3 aromatic heterocycles. The van der Waals surface area contributed by atoms with E-state index in [1.807, 2.05) is 12.1 Å². The summed E-state index contributed by atoms with van der Waals surface area (Å²) < 4.78 is 0. The molecule has 0 saturated carbocycles. The molecule has 2 N–H and O–H groups in total. The molecule has 26 heavy (non-hydrogen) atoms. The van der Waals surface area contributed by atoms with Crippen LogP contribution in [0.4, 0.5) is 5.69 Å². The van der Waals surface area contributed by atoms with Gasteiger partial charge in [-0.3, -0.25) is 19.9 Å². The van der Waals surface area contributed by atoms with Gasteiger partial charge < -0.3 is 12.2 Å². The van der Waals surface area contributed by atoms with E-state index in [-0.39, 0.29) is 27.0 Å². The Labute approximate surface area is 167 Å². The zero-order valence-electron chi connectivity index (χ0n) is 14.5. The Balaban J connectivity index is 0.000000784. The third-order valence-corrected chi connectivity index (χ3v) is 3.91. The smallest absolute Gasteiger partial charge is 0.346 e. The summed E-state index contributed by atoms with van der Waals surface area (Å²) in [5.41, 5.74) is 5.34. The number of H-pyrrole nitrogens is 1. The molecule has 6 nitrogen and oxygen atoms in total. The summed E-state index contributed by atoms with van der Waals surface area (Å²) in [6.07, 6.45) is 5.03. The summed E-state index contributed by atoms with van der Waals surface area (Å²) in [5.74, 6) is -0.278. The molecular formula is C19H19N5OW. The van der Waals surface area contributed by atoms with Gasteiger partial charge >= 0.3 is 21.1 Å². The molecule has 0 aromatic carbocycles. The average molecular weight is 517 g/mol. The number of nitrogens with one attached hydrogen (secondary N) is 2. The van der Waals surface area contributed by atoms with Gasteiger partial charge in [-0.2, -0.15) is 18.1 Å². The van der Waals surface area contributed by atoms with Crippen LogP contribution >= 0.6 is 0 Å². The fourth-order valence-corrected chi connectivity index (χ4v) is 2.79. The van der Waals surface area contributed by atoms with E-state index in [9.17, 15) is 4.79 Å². The molecule has 4 rings (SSSR count). The van der Waals surface area contributed by atoms with Gasteiger partial charge in [0, 0.05) is 23.8 Å². The van der Waals surface area contributed by atoms with Crippen molar-refractivity contribution in [1.29, 1.82) is 0 Å². The number of fused-ring (bicyclic) bond motifs is 3. The largest absolute Gasteiger partial charge is 2.00 e. The van der Waals surface area contributed by atoms with E-state index < -0.39 is 0 Å². The first kappa shape index (κ1) is 19.9. The van der Waals surface area contributed by atoms with Gasteiger partial charge in [0.2, 0.25) is 0 Å². The molecule has 0 unspecified atom stereocenters. The Kier molecular flexibility index (Phi) is 6.69. The number of hydrogen-bond donors (Lipinski definition) is 2. The van der Waals surface area contributed by atoms with Crippen molar-refractivity contribution in [3.05, 3.63) is 73.2 Å². The van der Waals surface area contributed by atoms with Crippen LogP contribution in [0.25, 0.3) is 11.3 Å². The maximum absolute atomic E-state index is 12.6. The second-order valence-electron chi connectivity index (χ2n) is 5.43. The third-order valence-electron chi connectivity index (χ3n) is 3.91. The maximum atomic E-state index is 12.6. The molecule has 7 heteroatoms. The number of rotatable bonds is 2. The molecule has 0 atom stereocenters. The minimum atomic E-state index is -0.278. The first-order valence-corrected chi connectivity index (χ1v) is 8.04. The van der Waals surface area contributed by atoms with Crippen LogP contribution in [0.3, 0.4) is 0 Å². The fraction of sp³-hybridized carbons (Fsp3) is 0.158. The Morgan fingerprint density at radius 1 is 1.19 bits per heavy atom. The van der Waals surface area contributed by atoms with Crippen LogP contribution < -0.4 is 5.32 Å². The second kappa shape index (κ2) is 8.76. The number of pyridine rings is 2. The van der Waals surface area contributed by atoms with Gasteiger partial charge in [-0.1, -0.05) is 6.07 Å². The van der Waals surface area contributed by atoms with Gasteiger partial charge in [0.15, 0.2) is 5.69 Å². The maximum Gasteiger partial charge on any atom is 2.00 e. The van der Waals surface area contributed by atoms with Crippen LogP contribution in [-0.4, -0.2) is 26.1 Å². The van der Waals surface area contributed by atoms with E-state index in [0.29, 0.717) is 17.1 Å². The van der Waals surface area contributed by atoms with Gasteiger partial charge in [-0.25, -0.2) is 6.92 Å². The zero-order valence-corrected chi connectivity index (χ0v) is 17.4. The number of aromatic amines is 1. The molecule has 1 aliphatic carbocycles. The van der Waals surface area contributed by atoms with E-state index in [4.69, 9.17) is 0 Å². The number of nitrogens with zero attached hydrogens (tertiary/aromatic N) is 3. The number of amides is 1. The third kappa shape index (κ3) is 3.86. The number of carbonyl (C=O) groups is 1. The molecule has 3 heterocycles. The predicted molar refractivity (Wildman–Crippen MR) is 96.9 cm³/mol. The molecule has 0 spiro atoms. The average Bonchev–Trinajstić information content (AvgIpc) is 3.10. The Morgan fingerprint density at radius 2 is 2.00 bits per heavy atom. The summed E-state index contributed by atoms with van der Waals surface area (Å²) in [6.45, 7) is 8.72. The second-order valence-corrected chi connectivity index (χ2v) is 5.43. The van der Waals surface area contributed by atoms with Crippen molar-refractivity contribution in [2.24, 2.45) is 0 Å². The summed E-state index contributed by atoms with van der Waals surface area (Å²) in [4.78, 5) is 21.1.